The van der Waals surface area contributed by atoms with Crippen LogP contribution in [0.25, 0.3) is 0 Å². The molecule has 0 aliphatic heterocycles. The van der Waals surface area contributed by atoms with Gasteiger partial charge in [-0.2, -0.15) is 0 Å². The molecule has 1 aromatic heterocycles. The molecule has 0 bridgehead atoms. The van der Waals surface area contributed by atoms with Gasteiger partial charge in [0.1, 0.15) is 5.75 Å². The molecule has 0 radical (unpaired) electrons. The number of thiophene rings is 1. The number of benzene rings is 1. The molecule has 2 rings (SSSR count). The van der Waals surface area contributed by atoms with Crippen molar-refractivity contribution in [2.45, 2.75) is 6.42 Å². The number of hydrogen-bond acceptors (Lipinski definition) is 4. The van der Waals surface area contributed by atoms with Gasteiger partial charge in [0.25, 0.3) is 11.8 Å². The molecule has 6 heteroatoms. The van der Waals surface area contributed by atoms with E-state index in [2.05, 4.69) is 5.32 Å². The molecule has 1 aromatic carbocycles. The van der Waals surface area contributed by atoms with Gasteiger partial charge in [-0.25, -0.2) is 0 Å². The molecule has 0 aliphatic rings. The summed E-state index contributed by atoms with van der Waals surface area (Å²) >= 11 is 1.66. The third kappa shape index (κ3) is 4.61. The highest BCUT2D eigenvalue weighted by molar-refractivity contribution is 7.09. The second-order valence-corrected chi connectivity index (χ2v) is 5.36. The molecule has 3 N–H and O–H groups in total. The molecule has 1 heterocycles. The summed E-state index contributed by atoms with van der Waals surface area (Å²) in [5.74, 6) is -0.493. The lowest BCUT2D eigenvalue weighted by atomic mass is 10.2. The lowest BCUT2D eigenvalue weighted by Gasteiger charge is -2.09. The molecule has 21 heavy (non-hydrogen) atoms. The van der Waals surface area contributed by atoms with Gasteiger partial charge in [0.05, 0.1) is 5.56 Å². The average Bonchev–Trinajstić information content (AvgIpc) is 2.98. The van der Waals surface area contributed by atoms with Crippen LogP contribution in [-0.4, -0.2) is 25.0 Å². The van der Waals surface area contributed by atoms with Gasteiger partial charge in [0, 0.05) is 11.4 Å². The van der Waals surface area contributed by atoms with E-state index >= 15 is 0 Å². The summed E-state index contributed by atoms with van der Waals surface area (Å²) in [5, 5.41) is 4.77. The summed E-state index contributed by atoms with van der Waals surface area (Å²) in [6.07, 6.45) is 0.793. The Morgan fingerprint density at radius 1 is 1.19 bits per heavy atom. The number of carbonyl (C=O) groups is 2. The normalized spacial score (nSPS) is 10.1. The van der Waals surface area contributed by atoms with Gasteiger partial charge in [0.15, 0.2) is 6.61 Å². The molecular weight excluding hydrogens is 288 g/mol. The Bertz CT molecular complexity index is 611. The Balaban J connectivity index is 1.77. The minimum Gasteiger partial charge on any atom is -0.483 e. The molecule has 0 aliphatic carbocycles. The molecule has 2 aromatic rings. The zero-order chi connectivity index (χ0) is 15.1. The monoisotopic (exact) mass is 304 g/mol. The van der Waals surface area contributed by atoms with Gasteiger partial charge < -0.3 is 15.8 Å². The van der Waals surface area contributed by atoms with Crippen LogP contribution in [-0.2, 0) is 11.2 Å². The summed E-state index contributed by atoms with van der Waals surface area (Å²) in [5.41, 5.74) is 5.50. The standard InChI is InChI=1S/C15H16N2O3S/c16-15(19)12-5-1-2-6-13(12)20-10-14(18)17-8-7-11-4-3-9-21-11/h1-6,9H,7-8,10H2,(H2,16,19)(H,17,18). The Hall–Kier alpha value is -2.34. The minimum atomic E-state index is -0.580. The van der Waals surface area contributed by atoms with Crippen molar-refractivity contribution in [3.63, 3.8) is 0 Å². The van der Waals surface area contributed by atoms with Crippen LogP contribution in [0, 0.1) is 0 Å². The summed E-state index contributed by atoms with van der Waals surface area (Å²) in [4.78, 5) is 24.1. The second-order valence-electron chi connectivity index (χ2n) is 4.33. The number of carbonyl (C=O) groups excluding carboxylic acids is 2. The first kappa shape index (κ1) is 15.1. The quantitative estimate of drug-likeness (QED) is 0.815. The van der Waals surface area contributed by atoms with Gasteiger partial charge in [0.2, 0.25) is 0 Å². The number of amides is 2. The Morgan fingerprint density at radius 2 is 2.00 bits per heavy atom. The second kappa shape index (κ2) is 7.44. The summed E-state index contributed by atoms with van der Waals surface area (Å²) in [6.45, 7) is 0.412. The average molecular weight is 304 g/mol. The smallest absolute Gasteiger partial charge is 0.257 e. The summed E-state index contributed by atoms with van der Waals surface area (Å²) < 4.78 is 5.34. The predicted octanol–water partition coefficient (Wildman–Crippen LogP) is 1.58. The zero-order valence-electron chi connectivity index (χ0n) is 11.4. The van der Waals surface area contributed by atoms with E-state index in [0.29, 0.717) is 12.3 Å². The number of para-hydroxylation sites is 1. The molecule has 0 fully saturated rings. The van der Waals surface area contributed by atoms with Crippen molar-refractivity contribution in [1.29, 1.82) is 0 Å². The highest BCUT2D eigenvalue weighted by Crippen LogP contribution is 2.16. The van der Waals surface area contributed by atoms with Crippen LogP contribution in [0.1, 0.15) is 15.2 Å². The minimum absolute atomic E-state index is 0.144. The third-order valence-corrected chi connectivity index (χ3v) is 3.72. The van der Waals surface area contributed by atoms with E-state index < -0.39 is 5.91 Å². The van der Waals surface area contributed by atoms with Crippen molar-refractivity contribution >= 4 is 23.2 Å². The van der Waals surface area contributed by atoms with Crippen LogP contribution >= 0.6 is 11.3 Å². The highest BCUT2D eigenvalue weighted by atomic mass is 32.1. The first-order valence-electron chi connectivity index (χ1n) is 6.47. The summed E-state index contributed by atoms with van der Waals surface area (Å²) in [6, 6.07) is 10.6. The maximum Gasteiger partial charge on any atom is 0.257 e. The molecule has 110 valence electrons. The van der Waals surface area contributed by atoms with E-state index in [0.717, 1.165) is 6.42 Å². The fraction of sp³-hybridized carbons (Fsp3) is 0.200. The maximum absolute atomic E-state index is 11.7. The number of ether oxygens (including phenoxy) is 1. The molecule has 2 amide bonds. The number of nitrogens with one attached hydrogen (secondary N) is 1. The largest absolute Gasteiger partial charge is 0.483 e. The molecule has 0 saturated carbocycles. The van der Waals surface area contributed by atoms with E-state index in [9.17, 15) is 9.59 Å². The van der Waals surface area contributed by atoms with Crippen molar-refractivity contribution in [2.75, 3.05) is 13.2 Å². The lowest BCUT2D eigenvalue weighted by Crippen LogP contribution is -2.30. The van der Waals surface area contributed by atoms with Crippen LogP contribution in [0.3, 0.4) is 0 Å². The van der Waals surface area contributed by atoms with Crippen LogP contribution in [0.5, 0.6) is 5.75 Å². The topological polar surface area (TPSA) is 81.4 Å². The zero-order valence-corrected chi connectivity index (χ0v) is 12.2. The molecular formula is C15H16N2O3S. The van der Waals surface area contributed by atoms with Crippen molar-refractivity contribution in [2.24, 2.45) is 5.73 Å². The first-order valence-corrected chi connectivity index (χ1v) is 7.35. The van der Waals surface area contributed by atoms with E-state index in [1.807, 2.05) is 17.5 Å². The molecule has 0 atom stereocenters. The number of primary amides is 1. The van der Waals surface area contributed by atoms with Gasteiger partial charge in [-0.05, 0) is 30.0 Å². The fourth-order valence-corrected chi connectivity index (χ4v) is 2.48. The van der Waals surface area contributed by atoms with E-state index in [1.165, 1.54) is 4.88 Å². The lowest BCUT2D eigenvalue weighted by molar-refractivity contribution is -0.123. The Labute approximate surface area is 126 Å². The van der Waals surface area contributed by atoms with Crippen molar-refractivity contribution < 1.29 is 14.3 Å². The van der Waals surface area contributed by atoms with E-state index in [-0.39, 0.29) is 18.1 Å². The fourth-order valence-electron chi connectivity index (χ4n) is 1.77. The van der Waals surface area contributed by atoms with Crippen LogP contribution in [0.15, 0.2) is 41.8 Å². The van der Waals surface area contributed by atoms with E-state index in [1.54, 1.807) is 35.6 Å². The number of rotatable bonds is 7. The Morgan fingerprint density at radius 3 is 2.71 bits per heavy atom. The van der Waals surface area contributed by atoms with Crippen LogP contribution in [0.2, 0.25) is 0 Å². The Kier molecular flexibility index (Phi) is 5.34. The van der Waals surface area contributed by atoms with Gasteiger partial charge >= 0.3 is 0 Å². The molecule has 0 unspecified atom stereocenters. The van der Waals surface area contributed by atoms with Crippen molar-refractivity contribution in [1.82, 2.24) is 5.32 Å². The molecule has 0 saturated heterocycles. The first-order chi connectivity index (χ1) is 10.2. The van der Waals surface area contributed by atoms with Crippen LogP contribution in [0.4, 0.5) is 0 Å². The van der Waals surface area contributed by atoms with Gasteiger partial charge in [-0.3, -0.25) is 9.59 Å². The van der Waals surface area contributed by atoms with Gasteiger partial charge in [-0.15, -0.1) is 11.3 Å². The van der Waals surface area contributed by atoms with Crippen LogP contribution < -0.4 is 15.8 Å². The molecule has 0 spiro atoms. The SMILES string of the molecule is NC(=O)c1ccccc1OCC(=O)NCCc1cccs1. The predicted molar refractivity (Wildman–Crippen MR) is 81.5 cm³/mol. The number of nitrogens with two attached hydrogens (primary N) is 1. The number of hydrogen-bond donors (Lipinski definition) is 2. The third-order valence-electron chi connectivity index (χ3n) is 2.78. The van der Waals surface area contributed by atoms with Gasteiger partial charge in [-0.1, -0.05) is 18.2 Å². The summed E-state index contributed by atoms with van der Waals surface area (Å²) in [7, 11) is 0. The molecule has 5 nitrogen and oxygen atoms in total. The van der Waals surface area contributed by atoms with E-state index in [4.69, 9.17) is 10.5 Å². The highest BCUT2D eigenvalue weighted by Gasteiger charge is 2.10. The van der Waals surface area contributed by atoms with Crippen molar-refractivity contribution in [3.05, 3.63) is 52.2 Å². The maximum atomic E-state index is 11.7. The van der Waals surface area contributed by atoms with Crippen molar-refractivity contribution in [3.8, 4) is 5.75 Å².